The van der Waals surface area contributed by atoms with Crippen LogP contribution in [0.3, 0.4) is 0 Å². The summed E-state index contributed by atoms with van der Waals surface area (Å²) in [6.07, 6.45) is 3.00. The Morgan fingerprint density at radius 3 is 2.67 bits per heavy atom. The van der Waals surface area contributed by atoms with Crippen molar-refractivity contribution in [2.75, 3.05) is 14.2 Å². The molecule has 0 bridgehead atoms. The van der Waals surface area contributed by atoms with Crippen LogP contribution in [0.2, 0.25) is 0 Å². The molecule has 1 saturated carbocycles. The Bertz CT molecular complexity index is 422. The van der Waals surface area contributed by atoms with E-state index in [1.807, 2.05) is 18.2 Å². The molecule has 4 heteroatoms. The lowest BCUT2D eigenvalue weighted by Gasteiger charge is -2.39. The van der Waals surface area contributed by atoms with Crippen molar-refractivity contribution in [2.45, 2.75) is 37.3 Å². The van der Waals surface area contributed by atoms with Gasteiger partial charge in [-0.05, 0) is 31.0 Å². The van der Waals surface area contributed by atoms with Crippen LogP contribution in [0.5, 0.6) is 11.5 Å². The molecule has 0 aromatic heterocycles. The van der Waals surface area contributed by atoms with Crippen molar-refractivity contribution >= 4 is 0 Å². The van der Waals surface area contributed by atoms with Gasteiger partial charge in [0.1, 0.15) is 11.5 Å². The topological polar surface area (TPSA) is 64.7 Å². The van der Waals surface area contributed by atoms with Crippen LogP contribution < -0.4 is 15.2 Å². The van der Waals surface area contributed by atoms with Crippen molar-refractivity contribution in [1.29, 1.82) is 0 Å². The second-order valence-corrected chi connectivity index (χ2v) is 4.87. The van der Waals surface area contributed by atoms with Crippen LogP contribution >= 0.6 is 0 Å². The van der Waals surface area contributed by atoms with Crippen LogP contribution in [0.15, 0.2) is 18.2 Å². The normalized spacial score (nSPS) is 27.9. The summed E-state index contributed by atoms with van der Waals surface area (Å²) in [4.78, 5) is 0. The predicted octanol–water partition coefficient (Wildman–Crippen LogP) is 1.79. The van der Waals surface area contributed by atoms with E-state index in [1.165, 1.54) is 0 Å². The Labute approximate surface area is 108 Å². The van der Waals surface area contributed by atoms with Gasteiger partial charge in [-0.1, -0.05) is 12.8 Å². The van der Waals surface area contributed by atoms with Gasteiger partial charge in [-0.15, -0.1) is 0 Å². The lowest BCUT2D eigenvalue weighted by atomic mass is 9.75. The summed E-state index contributed by atoms with van der Waals surface area (Å²) in [5.74, 6) is 1.44. The van der Waals surface area contributed by atoms with Gasteiger partial charge in [0.05, 0.1) is 25.9 Å². The largest absolute Gasteiger partial charge is 0.497 e. The average molecular weight is 251 g/mol. The van der Waals surface area contributed by atoms with Gasteiger partial charge >= 0.3 is 0 Å². The highest BCUT2D eigenvalue weighted by Gasteiger charge is 2.40. The number of hydrogen-bond acceptors (Lipinski definition) is 4. The van der Waals surface area contributed by atoms with Gasteiger partial charge in [-0.25, -0.2) is 0 Å². The third-order valence-corrected chi connectivity index (χ3v) is 3.82. The van der Waals surface area contributed by atoms with Gasteiger partial charge in [0.15, 0.2) is 0 Å². The molecule has 0 aliphatic heterocycles. The summed E-state index contributed by atoms with van der Waals surface area (Å²) in [7, 11) is 3.23. The fourth-order valence-corrected chi connectivity index (χ4v) is 2.67. The van der Waals surface area contributed by atoms with E-state index in [2.05, 4.69) is 0 Å². The molecule has 1 aromatic rings. The Morgan fingerprint density at radius 2 is 2.06 bits per heavy atom. The smallest absolute Gasteiger partial charge is 0.124 e. The van der Waals surface area contributed by atoms with E-state index >= 15 is 0 Å². The molecule has 0 spiro atoms. The van der Waals surface area contributed by atoms with Gasteiger partial charge in [-0.2, -0.15) is 0 Å². The molecule has 0 heterocycles. The second-order valence-electron chi connectivity index (χ2n) is 4.87. The fraction of sp³-hybridized carbons (Fsp3) is 0.571. The second kappa shape index (κ2) is 5.16. The van der Waals surface area contributed by atoms with E-state index < -0.39 is 11.6 Å². The highest BCUT2D eigenvalue weighted by atomic mass is 16.5. The molecule has 18 heavy (non-hydrogen) atoms. The number of hydrogen-bond donors (Lipinski definition) is 2. The quantitative estimate of drug-likeness (QED) is 0.859. The van der Waals surface area contributed by atoms with Gasteiger partial charge in [0, 0.05) is 5.56 Å². The van der Waals surface area contributed by atoms with Crippen molar-refractivity contribution < 1.29 is 14.6 Å². The van der Waals surface area contributed by atoms with Gasteiger partial charge in [0.25, 0.3) is 0 Å². The Balaban J connectivity index is 2.46. The zero-order chi connectivity index (χ0) is 13.2. The van der Waals surface area contributed by atoms with Crippen LogP contribution in [0.1, 0.15) is 31.2 Å². The minimum absolute atomic E-state index is 0.535. The highest BCUT2D eigenvalue weighted by Crippen LogP contribution is 2.40. The van der Waals surface area contributed by atoms with Crippen LogP contribution in [-0.2, 0) is 5.54 Å². The van der Waals surface area contributed by atoms with E-state index in [4.69, 9.17) is 15.2 Å². The molecule has 2 atom stereocenters. The first-order valence-electron chi connectivity index (χ1n) is 6.31. The van der Waals surface area contributed by atoms with Crippen LogP contribution in [0, 0.1) is 0 Å². The van der Waals surface area contributed by atoms with E-state index in [0.717, 1.165) is 37.0 Å². The lowest BCUT2D eigenvalue weighted by molar-refractivity contribution is 0.0435. The molecule has 1 fully saturated rings. The SMILES string of the molecule is COc1ccc(OC)c(C2(N)CCCCC2O)c1. The summed E-state index contributed by atoms with van der Waals surface area (Å²) in [5, 5.41) is 10.2. The van der Waals surface area contributed by atoms with E-state index in [-0.39, 0.29) is 0 Å². The third kappa shape index (κ3) is 2.18. The minimum atomic E-state index is -0.738. The molecule has 1 aliphatic carbocycles. The molecule has 4 nitrogen and oxygen atoms in total. The number of aliphatic hydroxyl groups excluding tert-OH is 1. The number of methoxy groups -OCH3 is 2. The number of ether oxygens (including phenoxy) is 2. The summed E-state index contributed by atoms with van der Waals surface area (Å²) < 4.78 is 10.6. The average Bonchev–Trinajstić information content (AvgIpc) is 2.41. The van der Waals surface area contributed by atoms with E-state index in [9.17, 15) is 5.11 Å². The van der Waals surface area contributed by atoms with Gasteiger partial charge in [-0.3, -0.25) is 0 Å². The fourth-order valence-electron chi connectivity index (χ4n) is 2.67. The first-order valence-corrected chi connectivity index (χ1v) is 6.31. The first-order chi connectivity index (χ1) is 8.61. The van der Waals surface area contributed by atoms with Crippen molar-refractivity contribution in [3.05, 3.63) is 23.8 Å². The molecule has 1 aromatic carbocycles. The van der Waals surface area contributed by atoms with Gasteiger partial charge in [0.2, 0.25) is 0 Å². The van der Waals surface area contributed by atoms with Crippen molar-refractivity contribution in [3.8, 4) is 11.5 Å². The summed E-state index contributed by atoms with van der Waals surface area (Å²) in [6.45, 7) is 0. The maximum atomic E-state index is 10.2. The maximum absolute atomic E-state index is 10.2. The van der Waals surface area contributed by atoms with Crippen LogP contribution in [0.25, 0.3) is 0 Å². The molecule has 2 rings (SSSR count). The maximum Gasteiger partial charge on any atom is 0.124 e. The van der Waals surface area contributed by atoms with Crippen LogP contribution in [-0.4, -0.2) is 25.4 Å². The predicted molar refractivity (Wildman–Crippen MR) is 69.9 cm³/mol. The number of nitrogens with two attached hydrogens (primary N) is 1. The number of rotatable bonds is 3. The van der Waals surface area contributed by atoms with Gasteiger partial charge < -0.3 is 20.3 Å². The number of aliphatic hydroxyl groups is 1. The Hall–Kier alpha value is -1.26. The summed E-state index contributed by atoms with van der Waals surface area (Å²) in [5.41, 5.74) is 6.53. The number of benzene rings is 1. The molecule has 0 saturated heterocycles. The summed E-state index contributed by atoms with van der Waals surface area (Å²) in [6, 6.07) is 5.54. The molecule has 0 amide bonds. The van der Waals surface area contributed by atoms with E-state index in [0.29, 0.717) is 5.75 Å². The van der Waals surface area contributed by atoms with Crippen molar-refractivity contribution in [2.24, 2.45) is 5.73 Å². The highest BCUT2D eigenvalue weighted by molar-refractivity contribution is 5.45. The monoisotopic (exact) mass is 251 g/mol. The minimum Gasteiger partial charge on any atom is -0.497 e. The zero-order valence-corrected chi connectivity index (χ0v) is 11.0. The molecule has 1 aliphatic rings. The zero-order valence-electron chi connectivity index (χ0n) is 11.0. The molecular formula is C14H21NO3. The molecular weight excluding hydrogens is 230 g/mol. The molecule has 3 N–H and O–H groups in total. The molecule has 2 unspecified atom stereocenters. The first kappa shape index (κ1) is 13.2. The van der Waals surface area contributed by atoms with Crippen LogP contribution in [0.4, 0.5) is 0 Å². The molecule has 100 valence electrons. The molecule has 0 radical (unpaired) electrons. The Morgan fingerprint density at radius 1 is 1.28 bits per heavy atom. The lowest BCUT2D eigenvalue weighted by Crippen LogP contribution is -2.50. The van der Waals surface area contributed by atoms with E-state index in [1.54, 1.807) is 14.2 Å². The standard InChI is InChI=1S/C14H21NO3/c1-17-10-6-7-12(18-2)11(9-10)14(15)8-4-3-5-13(14)16/h6-7,9,13,16H,3-5,8,15H2,1-2H3. The van der Waals surface area contributed by atoms with Crippen molar-refractivity contribution in [1.82, 2.24) is 0 Å². The third-order valence-electron chi connectivity index (χ3n) is 3.82. The Kier molecular flexibility index (Phi) is 3.78. The summed E-state index contributed by atoms with van der Waals surface area (Å²) >= 11 is 0. The van der Waals surface area contributed by atoms with Crippen molar-refractivity contribution in [3.63, 3.8) is 0 Å².